The first kappa shape index (κ1) is 15.8. The molecule has 1 rings (SSSR count). The van der Waals surface area contributed by atoms with E-state index in [-0.39, 0.29) is 18.6 Å². The Kier molecular flexibility index (Phi) is 5.63. The van der Waals surface area contributed by atoms with Crippen molar-refractivity contribution in [3.63, 3.8) is 0 Å². The molecule has 0 aromatic rings. The van der Waals surface area contributed by atoms with E-state index in [4.69, 9.17) is 0 Å². The highest BCUT2D eigenvalue weighted by atomic mass is 16.4. The van der Waals surface area contributed by atoms with Gasteiger partial charge in [0.1, 0.15) is 0 Å². The fourth-order valence-corrected chi connectivity index (χ4v) is 2.44. The number of rotatable bonds is 7. The van der Waals surface area contributed by atoms with Crippen LogP contribution in [0.25, 0.3) is 0 Å². The molecule has 0 aliphatic heterocycles. The van der Waals surface area contributed by atoms with Gasteiger partial charge >= 0.3 is 12.0 Å². The van der Waals surface area contributed by atoms with Gasteiger partial charge in [0.2, 0.25) is 0 Å². The Morgan fingerprint density at radius 2 is 1.89 bits per heavy atom. The number of carbonyl (C=O) groups excluding carboxylic acids is 1. The normalized spacial score (nSPS) is 17.4. The standard InChI is InChI=1S/C14H26N2O3/c1-4-14(5-2,12(17)18)9-15-13(19)16-10(3)11-7-6-8-11/h10-11H,4-9H2,1-3H3,(H,17,18)(H2,15,16,19). The average Bonchev–Trinajstić information content (AvgIpc) is 2.28. The summed E-state index contributed by atoms with van der Waals surface area (Å²) in [5, 5.41) is 14.9. The second kappa shape index (κ2) is 6.78. The molecule has 19 heavy (non-hydrogen) atoms. The van der Waals surface area contributed by atoms with Crippen LogP contribution in [0.2, 0.25) is 0 Å². The molecule has 1 aliphatic carbocycles. The van der Waals surface area contributed by atoms with Crippen molar-refractivity contribution in [3.05, 3.63) is 0 Å². The number of carboxylic acid groups (broad SMARTS) is 1. The third kappa shape index (κ3) is 3.85. The third-order valence-corrected chi connectivity index (χ3v) is 4.61. The highest BCUT2D eigenvalue weighted by Crippen LogP contribution is 2.29. The van der Waals surface area contributed by atoms with Crippen LogP contribution in [0.4, 0.5) is 4.79 Å². The molecule has 2 amide bonds. The Morgan fingerprint density at radius 1 is 1.32 bits per heavy atom. The minimum Gasteiger partial charge on any atom is -0.481 e. The molecule has 1 atom stereocenters. The zero-order valence-electron chi connectivity index (χ0n) is 12.2. The smallest absolute Gasteiger partial charge is 0.315 e. The highest BCUT2D eigenvalue weighted by molar-refractivity contribution is 5.78. The number of carboxylic acids is 1. The molecule has 0 spiro atoms. The maximum atomic E-state index is 11.8. The minimum absolute atomic E-state index is 0.163. The lowest BCUT2D eigenvalue weighted by molar-refractivity contribution is -0.149. The Balaban J connectivity index is 2.41. The van der Waals surface area contributed by atoms with Gasteiger partial charge in [-0.3, -0.25) is 4.79 Å². The molecule has 0 aromatic heterocycles. The first-order chi connectivity index (χ1) is 8.95. The monoisotopic (exact) mass is 270 g/mol. The Hall–Kier alpha value is -1.26. The predicted molar refractivity (Wildman–Crippen MR) is 74.0 cm³/mol. The summed E-state index contributed by atoms with van der Waals surface area (Å²) in [6.07, 6.45) is 4.61. The summed E-state index contributed by atoms with van der Waals surface area (Å²) in [5.74, 6) is -0.267. The maximum absolute atomic E-state index is 11.8. The van der Waals surface area contributed by atoms with Crippen molar-refractivity contribution in [2.24, 2.45) is 11.3 Å². The number of carbonyl (C=O) groups is 2. The van der Waals surface area contributed by atoms with Crippen molar-refractivity contribution in [2.45, 2.75) is 58.9 Å². The topological polar surface area (TPSA) is 78.4 Å². The zero-order chi connectivity index (χ0) is 14.5. The lowest BCUT2D eigenvalue weighted by Crippen LogP contribution is -2.49. The first-order valence-electron chi connectivity index (χ1n) is 7.23. The van der Waals surface area contributed by atoms with E-state index in [1.807, 2.05) is 20.8 Å². The number of amides is 2. The van der Waals surface area contributed by atoms with Gasteiger partial charge < -0.3 is 15.7 Å². The van der Waals surface area contributed by atoms with Crippen LogP contribution in [-0.4, -0.2) is 29.7 Å². The second-order valence-corrected chi connectivity index (χ2v) is 5.60. The zero-order valence-corrected chi connectivity index (χ0v) is 12.2. The molecule has 1 aliphatic rings. The predicted octanol–water partition coefficient (Wildman–Crippen LogP) is 2.37. The first-order valence-corrected chi connectivity index (χ1v) is 7.23. The summed E-state index contributed by atoms with van der Waals surface area (Å²) < 4.78 is 0. The van der Waals surface area contributed by atoms with Crippen molar-refractivity contribution in [1.29, 1.82) is 0 Å². The van der Waals surface area contributed by atoms with Gasteiger partial charge in [-0.15, -0.1) is 0 Å². The summed E-state index contributed by atoms with van der Waals surface area (Å²) in [6, 6.07) is -0.0943. The van der Waals surface area contributed by atoms with E-state index in [0.717, 1.165) is 0 Å². The molecule has 5 nitrogen and oxygen atoms in total. The number of hydrogen-bond acceptors (Lipinski definition) is 2. The van der Waals surface area contributed by atoms with Crippen molar-refractivity contribution < 1.29 is 14.7 Å². The largest absolute Gasteiger partial charge is 0.481 e. The number of aliphatic carboxylic acids is 1. The van der Waals surface area contributed by atoms with Crippen LogP contribution >= 0.6 is 0 Å². The molecular formula is C14H26N2O3. The van der Waals surface area contributed by atoms with E-state index in [1.165, 1.54) is 19.3 Å². The molecule has 0 saturated heterocycles. The molecular weight excluding hydrogens is 244 g/mol. The van der Waals surface area contributed by atoms with Crippen LogP contribution in [0.15, 0.2) is 0 Å². The summed E-state index contributed by atoms with van der Waals surface area (Å²) in [5.41, 5.74) is -0.850. The molecule has 1 fully saturated rings. The minimum atomic E-state index is -0.850. The lowest BCUT2D eigenvalue weighted by Gasteiger charge is -2.32. The van der Waals surface area contributed by atoms with Gasteiger partial charge in [-0.25, -0.2) is 4.79 Å². The average molecular weight is 270 g/mol. The Morgan fingerprint density at radius 3 is 2.26 bits per heavy atom. The Labute approximate surface area is 115 Å². The third-order valence-electron chi connectivity index (χ3n) is 4.61. The van der Waals surface area contributed by atoms with Crippen molar-refractivity contribution in [3.8, 4) is 0 Å². The van der Waals surface area contributed by atoms with Crippen molar-refractivity contribution in [1.82, 2.24) is 10.6 Å². The number of nitrogens with one attached hydrogen (secondary N) is 2. The van der Waals surface area contributed by atoms with Gasteiger partial charge in [-0.2, -0.15) is 0 Å². The van der Waals surface area contributed by atoms with Gasteiger partial charge in [-0.1, -0.05) is 20.3 Å². The summed E-state index contributed by atoms with van der Waals surface area (Å²) in [4.78, 5) is 23.1. The van der Waals surface area contributed by atoms with Crippen LogP contribution in [0, 0.1) is 11.3 Å². The fourth-order valence-electron chi connectivity index (χ4n) is 2.44. The van der Waals surface area contributed by atoms with Gasteiger partial charge in [0, 0.05) is 12.6 Å². The summed E-state index contributed by atoms with van der Waals surface area (Å²) in [6.45, 7) is 5.87. The van der Waals surface area contributed by atoms with Crippen molar-refractivity contribution in [2.75, 3.05) is 6.54 Å². The van der Waals surface area contributed by atoms with E-state index in [9.17, 15) is 14.7 Å². The summed E-state index contributed by atoms with van der Waals surface area (Å²) in [7, 11) is 0. The van der Waals surface area contributed by atoms with Gasteiger partial charge in [0.15, 0.2) is 0 Å². The van der Waals surface area contributed by atoms with E-state index in [0.29, 0.717) is 18.8 Å². The van der Waals surface area contributed by atoms with Crippen LogP contribution in [-0.2, 0) is 4.79 Å². The molecule has 0 aromatic carbocycles. The molecule has 1 saturated carbocycles. The van der Waals surface area contributed by atoms with Crippen molar-refractivity contribution >= 4 is 12.0 Å². The molecule has 110 valence electrons. The number of urea groups is 1. The molecule has 1 unspecified atom stereocenters. The van der Waals surface area contributed by atoms with Crippen LogP contribution in [0.5, 0.6) is 0 Å². The van der Waals surface area contributed by atoms with Gasteiger partial charge in [0.25, 0.3) is 0 Å². The van der Waals surface area contributed by atoms with E-state index < -0.39 is 11.4 Å². The second-order valence-electron chi connectivity index (χ2n) is 5.60. The molecule has 0 bridgehead atoms. The highest BCUT2D eigenvalue weighted by Gasteiger charge is 2.35. The quantitative estimate of drug-likeness (QED) is 0.664. The molecule has 5 heteroatoms. The van der Waals surface area contributed by atoms with Gasteiger partial charge in [0.05, 0.1) is 5.41 Å². The molecule has 0 radical (unpaired) electrons. The van der Waals surface area contributed by atoms with Crippen LogP contribution < -0.4 is 10.6 Å². The van der Waals surface area contributed by atoms with E-state index in [2.05, 4.69) is 10.6 Å². The molecule has 3 N–H and O–H groups in total. The van der Waals surface area contributed by atoms with E-state index >= 15 is 0 Å². The number of hydrogen-bond donors (Lipinski definition) is 3. The lowest BCUT2D eigenvalue weighted by atomic mass is 9.80. The van der Waals surface area contributed by atoms with E-state index in [1.54, 1.807) is 0 Å². The van der Waals surface area contributed by atoms with Gasteiger partial charge in [-0.05, 0) is 38.5 Å². The summed E-state index contributed by atoms with van der Waals surface area (Å²) >= 11 is 0. The molecule has 0 heterocycles. The SMILES string of the molecule is CCC(CC)(CNC(=O)NC(C)C1CCC1)C(=O)O. The van der Waals surface area contributed by atoms with Crippen LogP contribution in [0.1, 0.15) is 52.9 Å². The fraction of sp³-hybridized carbons (Fsp3) is 0.857. The Bertz CT molecular complexity index is 323. The van der Waals surface area contributed by atoms with Crippen LogP contribution in [0.3, 0.4) is 0 Å². The maximum Gasteiger partial charge on any atom is 0.315 e.